The number of alkyl halides is 3. The number of aryl methyl sites for hydroxylation is 1. The van der Waals surface area contributed by atoms with Crippen molar-refractivity contribution in [1.29, 1.82) is 5.26 Å². The lowest BCUT2D eigenvalue weighted by Gasteiger charge is -2.18. The van der Waals surface area contributed by atoms with E-state index in [4.69, 9.17) is 10.00 Å². The molecule has 0 amide bonds. The zero-order chi connectivity index (χ0) is 19.8. The van der Waals surface area contributed by atoms with E-state index in [1.54, 1.807) is 24.5 Å². The molecule has 0 bridgehead atoms. The highest BCUT2D eigenvalue weighted by atomic mass is 19.4. The molecule has 0 aliphatic carbocycles. The Morgan fingerprint density at radius 2 is 2.00 bits per heavy atom. The van der Waals surface area contributed by atoms with E-state index in [9.17, 15) is 17.6 Å². The highest BCUT2D eigenvalue weighted by Crippen LogP contribution is 2.38. The van der Waals surface area contributed by atoms with E-state index < -0.39 is 29.4 Å². The lowest BCUT2D eigenvalue weighted by molar-refractivity contribution is -0.136. The van der Waals surface area contributed by atoms with Crippen LogP contribution in [0, 0.1) is 24.2 Å². The van der Waals surface area contributed by atoms with Crippen molar-refractivity contribution >= 4 is 10.9 Å². The summed E-state index contributed by atoms with van der Waals surface area (Å²) < 4.78 is 60.6. The molecular formula is C19H15F4N3O. The second-order valence-corrected chi connectivity index (χ2v) is 6.17. The highest BCUT2D eigenvalue weighted by molar-refractivity contribution is 5.87. The fourth-order valence-electron chi connectivity index (χ4n) is 3.07. The van der Waals surface area contributed by atoms with Gasteiger partial charge < -0.3 is 9.30 Å². The van der Waals surface area contributed by atoms with Gasteiger partial charge in [0.25, 0.3) is 0 Å². The molecule has 0 fully saturated rings. The Morgan fingerprint density at radius 1 is 1.26 bits per heavy atom. The maximum atomic E-state index is 13.5. The zero-order valence-corrected chi connectivity index (χ0v) is 14.5. The number of rotatable bonds is 4. The Balaban J connectivity index is 1.97. The van der Waals surface area contributed by atoms with Gasteiger partial charge in [0, 0.05) is 16.6 Å². The summed E-state index contributed by atoms with van der Waals surface area (Å²) in [5.74, 6) is -0.268. The van der Waals surface area contributed by atoms with Crippen molar-refractivity contribution in [2.24, 2.45) is 0 Å². The van der Waals surface area contributed by atoms with Crippen molar-refractivity contribution in [3.8, 4) is 11.8 Å². The maximum absolute atomic E-state index is 13.5. The Kier molecular flexibility index (Phi) is 4.79. The Hall–Kier alpha value is -3.08. The summed E-state index contributed by atoms with van der Waals surface area (Å²) >= 11 is 0. The third kappa shape index (κ3) is 3.72. The van der Waals surface area contributed by atoms with Gasteiger partial charge in [0.2, 0.25) is 5.95 Å². The van der Waals surface area contributed by atoms with Gasteiger partial charge in [-0.1, -0.05) is 0 Å². The smallest absolute Gasteiger partial charge is 0.418 e. The number of halogens is 4. The monoisotopic (exact) mass is 377 g/mol. The summed E-state index contributed by atoms with van der Waals surface area (Å²) in [5.41, 5.74) is -0.362. The minimum atomic E-state index is -4.63. The predicted octanol–water partition coefficient (Wildman–Crippen LogP) is 4.84. The molecule has 4 nitrogen and oxygen atoms in total. The van der Waals surface area contributed by atoms with Gasteiger partial charge in [-0.25, -0.2) is 4.98 Å². The van der Waals surface area contributed by atoms with Gasteiger partial charge in [-0.05, 0) is 44.2 Å². The minimum Gasteiger partial charge on any atom is -0.487 e. The molecule has 0 saturated carbocycles. The van der Waals surface area contributed by atoms with E-state index in [0.717, 1.165) is 6.07 Å². The number of nitriles is 1. The number of aromatic nitrogens is 2. The van der Waals surface area contributed by atoms with E-state index in [2.05, 4.69) is 4.98 Å². The molecule has 27 heavy (non-hydrogen) atoms. The fraction of sp³-hybridized carbons (Fsp3) is 0.263. The molecule has 2 aromatic heterocycles. The molecule has 1 atom stereocenters. The standard InChI is InChI=1S/C19H15F4N3O/c1-11-7-15-16(5-3-13(8-24)18(15)19(21,22)23)26(11)10-12(2)27-14-4-6-17(20)25-9-14/h3-7,9,12H,10H2,1-2H3. The molecule has 140 valence electrons. The summed E-state index contributed by atoms with van der Waals surface area (Å²) in [5, 5.41) is 9.02. The van der Waals surface area contributed by atoms with Crippen molar-refractivity contribution < 1.29 is 22.3 Å². The minimum absolute atomic E-state index is 0.0188. The van der Waals surface area contributed by atoms with Crippen LogP contribution in [0.1, 0.15) is 23.7 Å². The molecule has 0 saturated heterocycles. The summed E-state index contributed by atoms with van der Waals surface area (Å²) in [4.78, 5) is 3.50. The summed E-state index contributed by atoms with van der Waals surface area (Å²) in [6.45, 7) is 3.72. The molecule has 8 heteroatoms. The molecule has 2 heterocycles. The molecule has 0 spiro atoms. The molecule has 0 aliphatic rings. The van der Waals surface area contributed by atoms with E-state index in [1.165, 1.54) is 30.5 Å². The molecular weight excluding hydrogens is 362 g/mol. The highest BCUT2D eigenvalue weighted by Gasteiger charge is 2.36. The summed E-state index contributed by atoms with van der Waals surface area (Å²) in [7, 11) is 0. The largest absolute Gasteiger partial charge is 0.487 e. The number of fused-ring (bicyclic) bond motifs is 1. The van der Waals surface area contributed by atoms with Crippen molar-refractivity contribution in [3.05, 3.63) is 59.3 Å². The molecule has 1 aromatic carbocycles. The van der Waals surface area contributed by atoms with Crippen LogP contribution >= 0.6 is 0 Å². The number of hydrogen-bond acceptors (Lipinski definition) is 3. The van der Waals surface area contributed by atoms with E-state index in [1.807, 2.05) is 0 Å². The first-order chi connectivity index (χ1) is 12.7. The summed E-state index contributed by atoms with van der Waals surface area (Å²) in [6.07, 6.45) is -3.80. The number of hydrogen-bond donors (Lipinski definition) is 0. The number of pyridine rings is 1. The second kappa shape index (κ2) is 6.91. The van der Waals surface area contributed by atoms with Crippen LogP contribution in [0.15, 0.2) is 36.5 Å². The van der Waals surface area contributed by atoms with E-state index in [0.29, 0.717) is 17.0 Å². The number of nitrogens with zero attached hydrogens (tertiary/aromatic N) is 3. The van der Waals surface area contributed by atoms with Gasteiger partial charge in [0.15, 0.2) is 0 Å². The zero-order valence-electron chi connectivity index (χ0n) is 14.5. The average molecular weight is 377 g/mol. The maximum Gasteiger partial charge on any atom is 0.418 e. The van der Waals surface area contributed by atoms with Crippen LogP contribution in [-0.4, -0.2) is 15.7 Å². The molecule has 0 aliphatic heterocycles. The molecule has 1 unspecified atom stereocenters. The lowest BCUT2D eigenvalue weighted by atomic mass is 10.0. The molecule has 0 radical (unpaired) electrons. The predicted molar refractivity (Wildman–Crippen MR) is 90.7 cm³/mol. The number of benzene rings is 1. The summed E-state index contributed by atoms with van der Waals surface area (Å²) in [6, 6.07) is 8.31. The van der Waals surface area contributed by atoms with Crippen LogP contribution in [0.5, 0.6) is 5.75 Å². The third-order valence-corrected chi connectivity index (χ3v) is 4.17. The van der Waals surface area contributed by atoms with Crippen molar-refractivity contribution in [2.75, 3.05) is 0 Å². The van der Waals surface area contributed by atoms with Crippen LogP contribution in [0.25, 0.3) is 10.9 Å². The molecule has 0 N–H and O–H groups in total. The average Bonchev–Trinajstić information content (AvgIpc) is 2.90. The first-order valence-corrected chi connectivity index (χ1v) is 8.09. The molecule has 3 aromatic rings. The fourth-order valence-corrected chi connectivity index (χ4v) is 3.07. The van der Waals surface area contributed by atoms with Crippen LogP contribution in [-0.2, 0) is 12.7 Å². The van der Waals surface area contributed by atoms with Crippen LogP contribution < -0.4 is 4.74 Å². The lowest BCUT2D eigenvalue weighted by Crippen LogP contribution is -2.20. The second-order valence-electron chi connectivity index (χ2n) is 6.17. The topological polar surface area (TPSA) is 50.8 Å². The van der Waals surface area contributed by atoms with Gasteiger partial charge in [0.1, 0.15) is 11.9 Å². The Labute approximate surface area is 152 Å². The van der Waals surface area contributed by atoms with Gasteiger partial charge >= 0.3 is 6.18 Å². The van der Waals surface area contributed by atoms with Crippen LogP contribution in [0.4, 0.5) is 17.6 Å². The van der Waals surface area contributed by atoms with Gasteiger partial charge in [-0.3, -0.25) is 0 Å². The van der Waals surface area contributed by atoms with E-state index in [-0.39, 0.29) is 11.9 Å². The van der Waals surface area contributed by atoms with Gasteiger partial charge in [-0.15, -0.1) is 0 Å². The van der Waals surface area contributed by atoms with E-state index >= 15 is 0 Å². The van der Waals surface area contributed by atoms with Crippen molar-refractivity contribution in [1.82, 2.24) is 9.55 Å². The Morgan fingerprint density at radius 3 is 2.59 bits per heavy atom. The molecule has 3 rings (SSSR count). The van der Waals surface area contributed by atoms with Gasteiger partial charge in [-0.2, -0.15) is 22.8 Å². The van der Waals surface area contributed by atoms with Crippen molar-refractivity contribution in [3.63, 3.8) is 0 Å². The SMILES string of the molecule is Cc1cc2c(C(F)(F)F)c(C#N)ccc2n1CC(C)Oc1ccc(F)nc1. The first kappa shape index (κ1) is 18.7. The Bertz CT molecular complexity index is 1020. The van der Waals surface area contributed by atoms with Gasteiger partial charge in [0.05, 0.1) is 29.9 Å². The normalized spacial score (nSPS) is 12.8. The third-order valence-electron chi connectivity index (χ3n) is 4.17. The van der Waals surface area contributed by atoms with Crippen LogP contribution in [0.2, 0.25) is 0 Å². The first-order valence-electron chi connectivity index (χ1n) is 8.09. The quantitative estimate of drug-likeness (QED) is 0.483. The van der Waals surface area contributed by atoms with Crippen molar-refractivity contribution in [2.45, 2.75) is 32.7 Å². The van der Waals surface area contributed by atoms with Crippen LogP contribution in [0.3, 0.4) is 0 Å². The number of ether oxygens (including phenoxy) is 1.